The van der Waals surface area contributed by atoms with Crippen molar-refractivity contribution in [2.75, 3.05) is 12.8 Å². The number of halogens is 1. The zero-order valence-electron chi connectivity index (χ0n) is 12.0. The monoisotopic (exact) mass is 315 g/mol. The van der Waals surface area contributed by atoms with Crippen LogP contribution in [0.25, 0.3) is 0 Å². The van der Waals surface area contributed by atoms with Gasteiger partial charge in [-0.05, 0) is 29.3 Å². The van der Waals surface area contributed by atoms with Gasteiger partial charge >= 0.3 is 0 Å². The predicted octanol–water partition coefficient (Wildman–Crippen LogP) is 3.39. The molecule has 0 bridgehead atoms. The lowest BCUT2D eigenvalue weighted by molar-refractivity contribution is -0.00918. The summed E-state index contributed by atoms with van der Waals surface area (Å²) in [6.45, 7) is 10.3. The first-order chi connectivity index (χ1) is 8.15. The third-order valence-corrected chi connectivity index (χ3v) is 3.97. The average Bonchev–Trinajstić information content (AvgIpc) is 2.29. The van der Waals surface area contributed by atoms with E-state index in [1.54, 1.807) is 7.11 Å². The van der Waals surface area contributed by atoms with Gasteiger partial charge in [-0.15, -0.1) is 0 Å². The zero-order chi connectivity index (χ0) is 14.1. The Morgan fingerprint density at radius 2 is 1.78 bits per heavy atom. The highest BCUT2D eigenvalue weighted by Crippen LogP contribution is 2.34. The number of hydrogen-bond acceptors (Lipinski definition) is 4. The number of nitrogens with zero attached hydrogens (tertiary/aromatic N) is 2. The molecule has 1 rings (SSSR count). The summed E-state index contributed by atoms with van der Waals surface area (Å²) >= 11 is 3.47. The van der Waals surface area contributed by atoms with Crippen LogP contribution >= 0.6 is 15.9 Å². The number of rotatable bonds is 3. The van der Waals surface area contributed by atoms with E-state index in [0.717, 1.165) is 16.6 Å². The lowest BCUT2D eigenvalue weighted by Crippen LogP contribution is -2.29. The zero-order valence-corrected chi connectivity index (χ0v) is 13.6. The number of nitrogen functional groups attached to an aromatic ring is 1. The number of nitrogens with two attached hydrogens (primary N) is 1. The Kier molecular flexibility index (Phi) is 4.38. The van der Waals surface area contributed by atoms with Gasteiger partial charge in [0.05, 0.1) is 10.2 Å². The van der Waals surface area contributed by atoms with E-state index >= 15 is 0 Å². The molecule has 0 amide bonds. The molecule has 0 fully saturated rings. The molecule has 0 saturated carbocycles. The van der Waals surface area contributed by atoms with Crippen molar-refractivity contribution in [3.63, 3.8) is 0 Å². The molecule has 18 heavy (non-hydrogen) atoms. The minimum atomic E-state index is -0.505. The van der Waals surface area contributed by atoms with Gasteiger partial charge in [0.2, 0.25) is 0 Å². The first kappa shape index (κ1) is 15.4. The van der Waals surface area contributed by atoms with Crippen molar-refractivity contribution in [1.82, 2.24) is 9.97 Å². The van der Waals surface area contributed by atoms with Gasteiger partial charge in [-0.3, -0.25) is 0 Å². The second-order valence-corrected chi connectivity index (χ2v) is 6.43. The third kappa shape index (κ3) is 2.83. The minimum Gasteiger partial charge on any atom is -0.383 e. The van der Waals surface area contributed by atoms with Gasteiger partial charge < -0.3 is 10.5 Å². The van der Waals surface area contributed by atoms with Crippen molar-refractivity contribution in [2.45, 2.75) is 52.1 Å². The quantitative estimate of drug-likeness (QED) is 0.928. The van der Waals surface area contributed by atoms with Crippen molar-refractivity contribution in [3.05, 3.63) is 16.0 Å². The maximum absolute atomic E-state index is 5.97. The van der Waals surface area contributed by atoms with Crippen molar-refractivity contribution >= 4 is 21.7 Å². The van der Waals surface area contributed by atoms with E-state index < -0.39 is 5.60 Å². The maximum Gasteiger partial charge on any atom is 0.162 e. The van der Waals surface area contributed by atoms with Crippen LogP contribution in [0.3, 0.4) is 0 Å². The number of methoxy groups -OCH3 is 1. The highest BCUT2D eigenvalue weighted by Gasteiger charge is 2.31. The molecule has 0 aliphatic carbocycles. The van der Waals surface area contributed by atoms with Crippen LogP contribution in [0.1, 0.15) is 52.6 Å². The number of anilines is 1. The molecular weight excluding hydrogens is 294 g/mol. The summed E-state index contributed by atoms with van der Waals surface area (Å²) in [6.07, 6.45) is 0.786. The molecule has 4 nitrogen and oxygen atoms in total. The summed E-state index contributed by atoms with van der Waals surface area (Å²) in [5.41, 5.74) is 6.27. The molecule has 0 aliphatic heterocycles. The van der Waals surface area contributed by atoms with Crippen LogP contribution in [-0.2, 0) is 15.8 Å². The topological polar surface area (TPSA) is 61.0 Å². The summed E-state index contributed by atoms with van der Waals surface area (Å²) in [7, 11) is 1.67. The van der Waals surface area contributed by atoms with Crippen LogP contribution in [0.15, 0.2) is 4.47 Å². The molecule has 1 atom stereocenters. The Morgan fingerprint density at radius 1 is 1.22 bits per heavy atom. The van der Waals surface area contributed by atoms with E-state index in [1.807, 2.05) is 13.8 Å². The molecule has 0 aliphatic rings. The molecule has 1 aromatic heterocycles. The molecule has 0 radical (unpaired) electrons. The molecule has 102 valence electrons. The Hall–Kier alpha value is -0.680. The van der Waals surface area contributed by atoms with Gasteiger partial charge in [0, 0.05) is 12.5 Å². The summed E-state index contributed by atoms with van der Waals surface area (Å²) in [5.74, 6) is 1.10. The predicted molar refractivity (Wildman–Crippen MR) is 77.5 cm³/mol. The van der Waals surface area contributed by atoms with Crippen LogP contribution in [0.5, 0.6) is 0 Å². The van der Waals surface area contributed by atoms with Gasteiger partial charge in [0.15, 0.2) is 5.82 Å². The first-order valence-corrected chi connectivity index (χ1v) is 6.84. The van der Waals surface area contributed by atoms with E-state index in [1.165, 1.54) is 0 Å². The number of aromatic nitrogens is 2. The van der Waals surface area contributed by atoms with Gasteiger partial charge in [0.25, 0.3) is 0 Å². The van der Waals surface area contributed by atoms with Crippen molar-refractivity contribution in [3.8, 4) is 0 Å². The van der Waals surface area contributed by atoms with E-state index in [9.17, 15) is 0 Å². The van der Waals surface area contributed by atoms with Gasteiger partial charge in [-0.2, -0.15) is 0 Å². The molecule has 0 aromatic carbocycles. The molecular formula is C13H22BrN3O. The van der Waals surface area contributed by atoms with Crippen LogP contribution in [0.2, 0.25) is 0 Å². The first-order valence-electron chi connectivity index (χ1n) is 6.05. The SMILES string of the molecule is CCC(C)(OC)c1nc(N)c(Br)c(C(C)(C)C)n1. The largest absolute Gasteiger partial charge is 0.383 e. The standard InChI is InChI=1S/C13H22BrN3O/c1-7-13(5,18-6)11-16-9(12(2,3)4)8(14)10(15)17-11/h7H2,1-6H3,(H2,15,16,17). The lowest BCUT2D eigenvalue weighted by atomic mass is 9.91. The fourth-order valence-electron chi connectivity index (χ4n) is 1.59. The van der Waals surface area contributed by atoms with Crippen molar-refractivity contribution < 1.29 is 4.74 Å². The summed E-state index contributed by atoms with van der Waals surface area (Å²) in [6, 6.07) is 0. The molecule has 1 heterocycles. The Labute approximate surface area is 117 Å². The molecule has 1 unspecified atom stereocenters. The van der Waals surface area contributed by atoms with E-state index in [4.69, 9.17) is 10.5 Å². The summed E-state index contributed by atoms with van der Waals surface area (Å²) in [5, 5.41) is 0. The second kappa shape index (κ2) is 5.13. The van der Waals surface area contributed by atoms with Crippen LogP contribution in [0, 0.1) is 0 Å². The van der Waals surface area contributed by atoms with Crippen molar-refractivity contribution in [2.24, 2.45) is 0 Å². The smallest absolute Gasteiger partial charge is 0.162 e. The summed E-state index contributed by atoms with van der Waals surface area (Å²) < 4.78 is 6.31. The van der Waals surface area contributed by atoms with Crippen LogP contribution in [0.4, 0.5) is 5.82 Å². The normalized spacial score (nSPS) is 15.5. The highest BCUT2D eigenvalue weighted by molar-refractivity contribution is 9.10. The van der Waals surface area contributed by atoms with Gasteiger partial charge in [-0.1, -0.05) is 27.7 Å². The maximum atomic E-state index is 5.97. The number of hydrogen-bond donors (Lipinski definition) is 1. The van der Waals surface area contributed by atoms with Gasteiger partial charge in [-0.25, -0.2) is 9.97 Å². The fraction of sp³-hybridized carbons (Fsp3) is 0.692. The Morgan fingerprint density at radius 3 is 2.17 bits per heavy atom. The number of ether oxygens (including phenoxy) is 1. The third-order valence-electron chi connectivity index (χ3n) is 3.19. The van der Waals surface area contributed by atoms with E-state index in [0.29, 0.717) is 11.6 Å². The second-order valence-electron chi connectivity index (χ2n) is 5.63. The summed E-state index contributed by atoms with van der Waals surface area (Å²) in [4.78, 5) is 9.01. The Bertz CT molecular complexity index is 437. The molecule has 2 N–H and O–H groups in total. The van der Waals surface area contributed by atoms with Gasteiger partial charge in [0.1, 0.15) is 11.4 Å². The molecule has 1 aromatic rings. The molecule has 0 spiro atoms. The average molecular weight is 316 g/mol. The lowest BCUT2D eigenvalue weighted by Gasteiger charge is -2.28. The van der Waals surface area contributed by atoms with Crippen LogP contribution < -0.4 is 5.73 Å². The Balaban J connectivity index is 3.47. The fourth-order valence-corrected chi connectivity index (χ4v) is 2.36. The van der Waals surface area contributed by atoms with E-state index in [-0.39, 0.29) is 5.41 Å². The van der Waals surface area contributed by atoms with Crippen molar-refractivity contribution in [1.29, 1.82) is 0 Å². The molecule has 5 heteroatoms. The highest BCUT2D eigenvalue weighted by atomic mass is 79.9. The molecule has 0 saturated heterocycles. The minimum absolute atomic E-state index is 0.104. The van der Waals surface area contributed by atoms with Crippen LogP contribution in [-0.4, -0.2) is 17.1 Å². The van der Waals surface area contributed by atoms with E-state index in [2.05, 4.69) is 46.7 Å².